The lowest BCUT2D eigenvalue weighted by atomic mass is 9.96. The van der Waals surface area contributed by atoms with Crippen LogP contribution in [-0.2, 0) is 4.79 Å². The second kappa shape index (κ2) is 8.72. The molecule has 0 unspecified atom stereocenters. The maximum absolute atomic E-state index is 11.9. The van der Waals surface area contributed by atoms with E-state index in [1.54, 1.807) is 30.5 Å². The monoisotopic (exact) mass is 359 g/mol. The average Bonchev–Trinajstić information content (AvgIpc) is 2.67. The van der Waals surface area contributed by atoms with Crippen molar-refractivity contribution >= 4 is 23.2 Å². The molecule has 1 aliphatic heterocycles. The number of nitrogens with zero attached hydrogens (tertiary/aromatic N) is 2. The van der Waals surface area contributed by atoms with Crippen molar-refractivity contribution in [3.8, 4) is 5.75 Å². The molecule has 5 nitrogen and oxygen atoms in total. The molecule has 2 heterocycles. The summed E-state index contributed by atoms with van der Waals surface area (Å²) >= 11 is 5.82. The first-order valence-corrected chi connectivity index (χ1v) is 8.88. The smallest absolute Gasteiger partial charge is 0.257 e. The molecule has 1 fully saturated rings. The van der Waals surface area contributed by atoms with Gasteiger partial charge in [-0.15, -0.1) is 0 Å². The van der Waals surface area contributed by atoms with Crippen LogP contribution in [0.1, 0.15) is 12.8 Å². The van der Waals surface area contributed by atoms with Crippen molar-refractivity contribution in [2.75, 3.05) is 31.1 Å². The van der Waals surface area contributed by atoms with E-state index in [2.05, 4.69) is 21.3 Å². The number of hydrogen-bond donors (Lipinski definition) is 1. The van der Waals surface area contributed by atoms with Crippen molar-refractivity contribution in [1.29, 1.82) is 0 Å². The number of hydrogen-bond acceptors (Lipinski definition) is 4. The lowest BCUT2D eigenvalue weighted by Crippen LogP contribution is -2.39. The van der Waals surface area contributed by atoms with Crippen LogP contribution in [-0.4, -0.2) is 37.1 Å². The van der Waals surface area contributed by atoms with Gasteiger partial charge in [0.25, 0.3) is 5.91 Å². The first kappa shape index (κ1) is 17.5. The van der Waals surface area contributed by atoms with Gasteiger partial charge >= 0.3 is 0 Å². The van der Waals surface area contributed by atoms with Gasteiger partial charge in [-0.3, -0.25) is 9.78 Å². The van der Waals surface area contributed by atoms with Gasteiger partial charge in [0, 0.05) is 30.9 Å². The molecule has 0 bridgehead atoms. The van der Waals surface area contributed by atoms with Gasteiger partial charge < -0.3 is 15.0 Å². The lowest BCUT2D eigenvalue weighted by Gasteiger charge is -2.33. The number of benzene rings is 1. The number of ether oxygens (including phenoxy) is 1. The highest BCUT2D eigenvalue weighted by Gasteiger charge is 2.20. The Bertz CT molecular complexity index is 671. The third kappa shape index (κ3) is 5.36. The van der Waals surface area contributed by atoms with E-state index in [1.807, 2.05) is 12.3 Å². The molecule has 3 rings (SSSR count). The fourth-order valence-electron chi connectivity index (χ4n) is 2.92. The number of halogens is 1. The van der Waals surface area contributed by atoms with E-state index in [-0.39, 0.29) is 12.5 Å². The van der Waals surface area contributed by atoms with Gasteiger partial charge in [-0.05, 0) is 55.2 Å². The number of anilines is 1. The molecule has 1 aromatic carbocycles. The predicted molar refractivity (Wildman–Crippen MR) is 99.1 cm³/mol. The summed E-state index contributed by atoms with van der Waals surface area (Å²) in [5.41, 5.74) is 1.17. The van der Waals surface area contributed by atoms with Crippen molar-refractivity contribution in [2.45, 2.75) is 12.8 Å². The third-order valence-electron chi connectivity index (χ3n) is 4.40. The number of piperidine rings is 1. The van der Waals surface area contributed by atoms with Gasteiger partial charge in [0.2, 0.25) is 0 Å². The molecule has 0 saturated carbocycles. The first-order valence-electron chi connectivity index (χ1n) is 8.51. The van der Waals surface area contributed by atoms with Crippen LogP contribution in [0.5, 0.6) is 5.75 Å². The fraction of sp³-hybridized carbons (Fsp3) is 0.368. The number of carbonyl (C=O) groups is 1. The normalized spacial score (nSPS) is 15.0. The molecule has 0 radical (unpaired) electrons. The molecule has 1 aliphatic rings. The standard InChI is InChI=1S/C19H22ClN3O2/c20-16-3-5-18(6-4-16)25-14-19(24)22-12-15-7-10-23(11-8-15)17-2-1-9-21-13-17/h1-6,9,13,15H,7-8,10-12,14H2,(H,22,24). The molecule has 0 atom stereocenters. The molecular formula is C19H22ClN3O2. The van der Waals surface area contributed by atoms with Crippen LogP contribution in [0.25, 0.3) is 0 Å². The van der Waals surface area contributed by atoms with Crippen LogP contribution in [0, 0.1) is 5.92 Å². The van der Waals surface area contributed by atoms with E-state index >= 15 is 0 Å². The quantitative estimate of drug-likeness (QED) is 0.860. The van der Waals surface area contributed by atoms with Crippen LogP contribution in [0.3, 0.4) is 0 Å². The van der Waals surface area contributed by atoms with Crippen LogP contribution < -0.4 is 15.0 Å². The molecule has 1 saturated heterocycles. The van der Waals surface area contributed by atoms with Crippen LogP contribution in [0.15, 0.2) is 48.8 Å². The summed E-state index contributed by atoms with van der Waals surface area (Å²) in [7, 11) is 0. The molecule has 2 aromatic rings. The highest BCUT2D eigenvalue weighted by Crippen LogP contribution is 2.22. The molecule has 1 N–H and O–H groups in total. The number of aromatic nitrogens is 1. The minimum absolute atomic E-state index is 0.0240. The molecular weight excluding hydrogens is 338 g/mol. The third-order valence-corrected chi connectivity index (χ3v) is 4.65. The Balaban J connectivity index is 1.35. The van der Waals surface area contributed by atoms with Gasteiger partial charge in [-0.1, -0.05) is 11.6 Å². The first-order chi connectivity index (χ1) is 12.2. The zero-order valence-electron chi connectivity index (χ0n) is 14.0. The summed E-state index contributed by atoms with van der Waals surface area (Å²) < 4.78 is 5.45. The Morgan fingerprint density at radius 1 is 1.24 bits per heavy atom. The number of nitrogens with one attached hydrogen (secondary N) is 1. The molecule has 0 spiro atoms. The number of amides is 1. The lowest BCUT2D eigenvalue weighted by molar-refractivity contribution is -0.123. The van der Waals surface area contributed by atoms with E-state index < -0.39 is 0 Å². The Labute approximate surface area is 153 Å². The SMILES string of the molecule is O=C(COc1ccc(Cl)cc1)NCC1CCN(c2cccnc2)CC1. The summed E-state index contributed by atoms with van der Waals surface area (Å²) in [6, 6.07) is 11.0. The number of carbonyl (C=O) groups excluding carboxylic acids is 1. The van der Waals surface area contributed by atoms with Crippen molar-refractivity contribution in [1.82, 2.24) is 10.3 Å². The topological polar surface area (TPSA) is 54.5 Å². The van der Waals surface area contributed by atoms with E-state index in [1.165, 1.54) is 5.69 Å². The van der Waals surface area contributed by atoms with Gasteiger partial charge in [-0.2, -0.15) is 0 Å². The highest BCUT2D eigenvalue weighted by atomic mass is 35.5. The fourth-order valence-corrected chi connectivity index (χ4v) is 3.05. The van der Waals surface area contributed by atoms with Crippen molar-refractivity contribution < 1.29 is 9.53 Å². The Hall–Kier alpha value is -2.27. The Morgan fingerprint density at radius 2 is 2.00 bits per heavy atom. The highest BCUT2D eigenvalue weighted by molar-refractivity contribution is 6.30. The zero-order chi connectivity index (χ0) is 17.5. The molecule has 0 aliphatic carbocycles. The van der Waals surface area contributed by atoms with E-state index in [0.29, 0.717) is 23.2 Å². The minimum atomic E-state index is -0.0929. The summed E-state index contributed by atoms with van der Waals surface area (Å²) in [4.78, 5) is 18.4. The average molecular weight is 360 g/mol. The van der Waals surface area contributed by atoms with Crippen LogP contribution >= 0.6 is 11.6 Å². The molecule has 1 amide bonds. The van der Waals surface area contributed by atoms with Crippen molar-refractivity contribution in [3.05, 3.63) is 53.8 Å². The predicted octanol–water partition coefficient (Wildman–Crippen LogP) is 3.15. The Kier molecular flexibility index (Phi) is 6.12. The van der Waals surface area contributed by atoms with Gasteiger partial charge in [0.15, 0.2) is 6.61 Å². The van der Waals surface area contributed by atoms with Crippen LogP contribution in [0.2, 0.25) is 5.02 Å². The molecule has 25 heavy (non-hydrogen) atoms. The number of rotatable bonds is 6. The maximum Gasteiger partial charge on any atom is 0.257 e. The van der Waals surface area contributed by atoms with Crippen molar-refractivity contribution in [2.24, 2.45) is 5.92 Å². The van der Waals surface area contributed by atoms with Gasteiger partial charge in [0.05, 0.1) is 11.9 Å². The number of pyridine rings is 1. The maximum atomic E-state index is 11.9. The largest absolute Gasteiger partial charge is 0.484 e. The van der Waals surface area contributed by atoms with E-state index in [0.717, 1.165) is 25.9 Å². The second-order valence-corrected chi connectivity index (χ2v) is 6.62. The van der Waals surface area contributed by atoms with Gasteiger partial charge in [0.1, 0.15) is 5.75 Å². The van der Waals surface area contributed by atoms with E-state index in [9.17, 15) is 4.79 Å². The summed E-state index contributed by atoms with van der Waals surface area (Å²) in [5, 5.41) is 3.62. The Morgan fingerprint density at radius 3 is 2.68 bits per heavy atom. The summed E-state index contributed by atoms with van der Waals surface area (Å²) in [6.07, 6.45) is 5.81. The second-order valence-electron chi connectivity index (χ2n) is 6.19. The van der Waals surface area contributed by atoms with Crippen LogP contribution in [0.4, 0.5) is 5.69 Å². The minimum Gasteiger partial charge on any atom is -0.484 e. The summed E-state index contributed by atoms with van der Waals surface area (Å²) in [5.74, 6) is 1.06. The molecule has 6 heteroatoms. The summed E-state index contributed by atoms with van der Waals surface area (Å²) in [6.45, 7) is 2.71. The van der Waals surface area contributed by atoms with Crippen molar-refractivity contribution in [3.63, 3.8) is 0 Å². The van der Waals surface area contributed by atoms with E-state index in [4.69, 9.17) is 16.3 Å². The molecule has 132 valence electrons. The zero-order valence-corrected chi connectivity index (χ0v) is 14.8. The molecule has 1 aromatic heterocycles. The van der Waals surface area contributed by atoms with Gasteiger partial charge in [-0.25, -0.2) is 0 Å².